The quantitative estimate of drug-likeness (QED) is 0.573. The Labute approximate surface area is 67.0 Å². The van der Waals surface area contributed by atoms with Crippen molar-refractivity contribution in [1.29, 1.82) is 0 Å². The fraction of sp³-hybridized carbons (Fsp3) is 1.00. The van der Waals surface area contributed by atoms with Gasteiger partial charge in [-0.15, -0.1) is 0 Å². The molecule has 2 fully saturated rings. The number of hydrogen-bond donors (Lipinski definition) is 1. The normalized spacial score (nSPS) is 40.8. The zero-order chi connectivity index (χ0) is 6.86. The van der Waals surface area contributed by atoms with Gasteiger partial charge in [0.25, 0.3) is 0 Å². The molecule has 2 aliphatic rings. The van der Waals surface area contributed by atoms with Crippen molar-refractivity contribution in [2.24, 2.45) is 0 Å². The van der Waals surface area contributed by atoms with Gasteiger partial charge < -0.3 is 5.32 Å². The minimum absolute atomic E-state index is 0.740. The molecule has 1 atom stereocenters. The Morgan fingerprint density at radius 3 is 2.70 bits per heavy atom. The minimum atomic E-state index is 0.740. The van der Waals surface area contributed by atoms with Gasteiger partial charge in [-0.2, -0.15) is 11.8 Å². The highest BCUT2D eigenvalue weighted by Gasteiger charge is 2.37. The van der Waals surface area contributed by atoms with E-state index >= 15 is 0 Å². The maximum Gasteiger partial charge on any atom is 0.0180 e. The summed E-state index contributed by atoms with van der Waals surface area (Å²) in [5.41, 5.74) is 0. The molecule has 2 aliphatic heterocycles. The molecule has 1 nitrogen and oxygen atoms in total. The average molecular weight is 157 g/mol. The SMILES string of the molecule is C1CNCCC2(C1)CCS2. The van der Waals surface area contributed by atoms with Crippen LogP contribution in [0.2, 0.25) is 0 Å². The van der Waals surface area contributed by atoms with Crippen LogP contribution in [-0.4, -0.2) is 23.6 Å². The molecule has 0 radical (unpaired) electrons. The lowest BCUT2D eigenvalue weighted by atomic mass is 9.95. The second-order valence-corrected chi connectivity index (χ2v) is 4.95. The summed E-state index contributed by atoms with van der Waals surface area (Å²) >= 11 is 2.20. The van der Waals surface area contributed by atoms with Crippen LogP contribution < -0.4 is 5.32 Å². The molecule has 10 heavy (non-hydrogen) atoms. The van der Waals surface area contributed by atoms with Gasteiger partial charge in [-0.1, -0.05) is 0 Å². The molecule has 2 heterocycles. The molecule has 2 rings (SSSR count). The van der Waals surface area contributed by atoms with E-state index in [4.69, 9.17) is 0 Å². The molecule has 2 heteroatoms. The summed E-state index contributed by atoms with van der Waals surface area (Å²) in [4.78, 5) is 0. The summed E-state index contributed by atoms with van der Waals surface area (Å²) in [6.07, 6.45) is 5.76. The largest absolute Gasteiger partial charge is 0.317 e. The summed E-state index contributed by atoms with van der Waals surface area (Å²) in [5, 5.41) is 3.46. The monoisotopic (exact) mass is 157 g/mol. The lowest BCUT2D eigenvalue weighted by Gasteiger charge is -2.40. The van der Waals surface area contributed by atoms with Crippen LogP contribution in [0, 0.1) is 0 Å². The molecule has 1 N–H and O–H groups in total. The first kappa shape index (κ1) is 6.99. The third-order valence-electron chi connectivity index (χ3n) is 2.71. The summed E-state index contributed by atoms with van der Waals surface area (Å²) in [6, 6.07) is 0. The Morgan fingerprint density at radius 2 is 2.00 bits per heavy atom. The van der Waals surface area contributed by atoms with Crippen LogP contribution in [0.15, 0.2) is 0 Å². The van der Waals surface area contributed by atoms with Gasteiger partial charge in [-0.3, -0.25) is 0 Å². The van der Waals surface area contributed by atoms with Crippen LogP contribution >= 0.6 is 11.8 Å². The smallest absolute Gasteiger partial charge is 0.0180 e. The zero-order valence-electron chi connectivity index (χ0n) is 6.36. The molecule has 0 aromatic rings. The first-order valence-electron chi connectivity index (χ1n) is 4.26. The summed E-state index contributed by atoms with van der Waals surface area (Å²) in [5.74, 6) is 1.42. The van der Waals surface area contributed by atoms with Crippen molar-refractivity contribution >= 4 is 11.8 Å². The van der Waals surface area contributed by atoms with Gasteiger partial charge >= 0.3 is 0 Å². The van der Waals surface area contributed by atoms with Crippen molar-refractivity contribution < 1.29 is 0 Å². The van der Waals surface area contributed by atoms with Crippen molar-refractivity contribution in [2.45, 2.75) is 30.4 Å². The predicted octanol–water partition coefficient (Wildman–Crippen LogP) is 1.64. The van der Waals surface area contributed by atoms with Crippen molar-refractivity contribution in [3.63, 3.8) is 0 Å². The summed E-state index contributed by atoms with van der Waals surface area (Å²) in [6.45, 7) is 2.51. The minimum Gasteiger partial charge on any atom is -0.317 e. The molecule has 1 unspecified atom stereocenters. The molecular weight excluding hydrogens is 142 g/mol. The van der Waals surface area contributed by atoms with Gasteiger partial charge in [0, 0.05) is 4.75 Å². The highest BCUT2D eigenvalue weighted by molar-refractivity contribution is 8.02. The van der Waals surface area contributed by atoms with E-state index in [1.165, 1.54) is 44.5 Å². The Morgan fingerprint density at radius 1 is 1.10 bits per heavy atom. The topological polar surface area (TPSA) is 12.0 Å². The maximum atomic E-state index is 3.46. The van der Waals surface area contributed by atoms with Gasteiger partial charge in [0.2, 0.25) is 0 Å². The van der Waals surface area contributed by atoms with Crippen molar-refractivity contribution in [2.75, 3.05) is 18.8 Å². The van der Waals surface area contributed by atoms with Crippen molar-refractivity contribution in [3.8, 4) is 0 Å². The van der Waals surface area contributed by atoms with Crippen LogP contribution in [0.5, 0.6) is 0 Å². The fourth-order valence-corrected chi connectivity index (χ4v) is 3.20. The van der Waals surface area contributed by atoms with E-state index < -0.39 is 0 Å². The van der Waals surface area contributed by atoms with Crippen molar-refractivity contribution in [1.82, 2.24) is 5.32 Å². The first-order valence-corrected chi connectivity index (χ1v) is 5.25. The fourth-order valence-electron chi connectivity index (χ4n) is 1.89. The Bertz CT molecular complexity index is 110. The first-order chi connectivity index (χ1) is 4.91. The molecule has 0 aliphatic carbocycles. The van der Waals surface area contributed by atoms with Crippen LogP contribution in [0.1, 0.15) is 25.7 Å². The van der Waals surface area contributed by atoms with E-state index in [-0.39, 0.29) is 0 Å². The van der Waals surface area contributed by atoms with E-state index in [1.54, 1.807) is 0 Å². The van der Waals surface area contributed by atoms with E-state index in [2.05, 4.69) is 17.1 Å². The second kappa shape index (κ2) is 2.74. The molecule has 0 bridgehead atoms. The van der Waals surface area contributed by atoms with Gasteiger partial charge in [-0.25, -0.2) is 0 Å². The lowest BCUT2D eigenvalue weighted by Crippen LogP contribution is -2.35. The molecular formula is C8H15NS. The molecule has 0 amide bonds. The number of rotatable bonds is 0. The Hall–Kier alpha value is 0.310. The van der Waals surface area contributed by atoms with Gasteiger partial charge in [0.05, 0.1) is 0 Å². The van der Waals surface area contributed by atoms with Crippen LogP contribution in [0.3, 0.4) is 0 Å². The standard InChI is InChI=1S/C8H15NS/c1-2-8(4-7-10-8)3-6-9-5-1/h9H,1-7H2. The van der Waals surface area contributed by atoms with E-state index in [9.17, 15) is 0 Å². The van der Waals surface area contributed by atoms with Gasteiger partial charge in [0.1, 0.15) is 0 Å². The van der Waals surface area contributed by atoms with Gasteiger partial charge in [0.15, 0.2) is 0 Å². The third-order valence-corrected chi connectivity index (χ3v) is 4.34. The molecule has 0 aromatic heterocycles. The van der Waals surface area contributed by atoms with E-state index in [1.807, 2.05) is 0 Å². The lowest BCUT2D eigenvalue weighted by molar-refractivity contribution is 0.484. The highest BCUT2D eigenvalue weighted by Crippen LogP contribution is 2.47. The van der Waals surface area contributed by atoms with Gasteiger partial charge in [-0.05, 0) is 44.5 Å². The molecule has 0 aromatic carbocycles. The highest BCUT2D eigenvalue weighted by atomic mass is 32.2. The van der Waals surface area contributed by atoms with Crippen LogP contribution in [0.25, 0.3) is 0 Å². The van der Waals surface area contributed by atoms with Crippen LogP contribution in [-0.2, 0) is 0 Å². The zero-order valence-corrected chi connectivity index (χ0v) is 7.17. The van der Waals surface area contributed by atoms with E-state index in [0.717, 1.165) is 4.75 Å². The maximum absolute atomic E-state index is 3.46. The summed E-state index contributed by atoms with van der Waals surface area (Å²) < 4.78 is 0.740. The Kier molecular flexibility index (Phi) is 1.92. The van der Waals surface area contributed by atoms with Crippen LogP contribution in [0.4, 0.5) is 0 Å². The molecule has 0 saturated carbocycles. The predicted molar refractivity (Wildman–Crippen MR) is 46.5 cm³/mol. The third kappa shape index (κ3) is 1.19. The Balaban J connectivity index is 1.92. The van der Waals surface area contributed by atoms with Crippen molar-refractivity contribution in [3.05, 3.63) is 0 Å². The average Bonchev–Trinajstić information content (AvgIpc) is 2.08. The number of nitrogens with one attached hydrogen (secondary N) is 1. The molecule has 58 valence electrons. The number of thioether (sulfide) groups is 1. The van der Waals surface area contributed by atoms with E-state index in [0.29, 0.717) is 0 Å². The summed E-state index contributed by atoms with van der Waals surface area (Å²) in [7, 11) is 0. The molecule has 2 saturated heterocycles. The molecule has 1 spiro atoms. The number of hydrogen-bond acceptors (Lipinski definition) is 2. The second-order valence-electron chi connectivity index (χ2n) is 3.39.